The first-order chi connectivity index (χ1) is 8.78. The van der Waals surface area contributed by atoms with Gasteiger partial charge in [-0.3, -0.25) is 0 Å². The van der Waals surface area contributed by atoms with E-state index in [1.165, 1.54) is 12.1 Å². The number of ether oxygens (including phenoxy) is 1. The van der Waals surface area contributed by atoms with E-state index >= 15 is 0 Å². The van der Waals surface area contributed by atoms with Crippen molar-refractivity contribution in [1.29, 1.82) is 0 Å². The molecular weight excluding hydrogens is 255 g/mol. The number of hydrogen-bond donors (Lipinski definition) is 1. The van der Waals surface area contributed by atoms with Crippen molar-refractivity contribution in [1.82, 2.24) is 5.32 Å². The molecule has 0 amide bonds. The first-order valence-electron chi connectivity index (χ1n) is 6.18. The number of rotatable bonds is 5. The summed E-state index contributed by atoms with van der Waals surface area (Å²) in [6, 6.07) is 5.04. The molecule has 0 heterocycles. The van der Waals surface area contributed by atoms with E-state index in [9.17, 15) is 13.2 Å². The Hall–Kier alpha value is -1.07. The molecule has 19 heavy (non-hydrogen) atoms. The van der Waals surface area contributed by atoms with Crippen LogP contribution >= 0.6 is 0 Å². The fourth-order valence-electron chi connectivity index (χ4n) is 2.16. The predicted molar refractivity (Wildman–Crippen MR) is 68.9 cm³/mol. The topological polar surface area (TPSA) is 21.3 Å². The van der Waals surface area contributed by atoms with Crippen LogP contribution in [0.2, 0.25) is 0 Å². The summed E-state index contributed by atoms with van der Waals surface area (Å²) < 4.78 is 43.1. The summed E-state index contributed by atoms with van der Waals surface area (Å²) in [4.78, 5) is 0. The number of nitrogens with one attached hydrogen (secondary N) is 1. The molecule has 5 heteroatoms. The van der Waals surface area contributed by atoms with Crippen molar-refractivity contribution in [3.8, 4) is 0 Å². The molecule has 0 fully saturated rings. The number of benzene rings is 1. The first kappa shape index (κ1) is 16.0. The van der Waals surface area contributed by atoms with Gasteiger partial charge in [0.1, 0.15) is 0 Å². The quantitative estimate of drug-likeness (QED) is 0.883. The van der Waals surface area contributed by atoms with E-state index in [4.69, 9.17) is 4.74 Å². The number of likely N-dealkylation sites (N-methyl/N-ethyl adjacent to an activating group) is 1. The lowest BCUT2D eigenvalue weighted by molar-refractivity contribution is -0.137. The highest BCUT2D eigenvalue weighted by molar-refractivity contribution is 5.28. The third-order valence-corrected chi connectivity index (χ3v) is 3.64. The van der Waals surface area contributed by atoms with Gasteiger partial charge in [0.25, 0.3) is 0 Å². The van der Waals surface area contributed by atoms with E-state index in [2.05, 4.69) is 5.32 Å². The minimum atomic E-state index is -4.30. The zero-order valence-corrected chi connectivity index (χ0v) is 11.6. The van der Waals surface area contributed by atoms with E-state index in [1.54, 1.807) is 14.2 Å². The van der Waals surface area contributed by atoms with E-state index in [0.29, 0.717) is 0 Å². The molecule has 2 nitrogen and oxygen atoms in total. The van der Waals surface area contributed by atoms with Crippen molar-refractivity contribution in [2.45, 2.75) is 38.1 Å². The van der Waals surface area contributed by atoms with E-state index in [-0.39, 0.29) is 6.04 Å². The zero-order valence-electron chi connectivity index (χ0n) is 11.6. The molecule has 1 aromatic carbocycles. The Morgan fingerprint density at radius 3 is 2.05 bits per heavy atom. The first-order valence-corrected chi connectivity index (χ1v) is 6.18. The van der Waals surface area contributed by atoms with Gasteiger partial charge in [0.05, 0.1) is 17.2 Å². The van der Waals surface area contributed by atoms with Crippen molar-refractivity contribution >= 4 is 0 Å². The lowest BCUT2D eigenvalue weighted by atomic mass is 9.87. The third kappa shape index (κ3) is 3.48. The molecule has 0 saturated carbocycles. The molecule has 1 N–H and O–H groups in total. The van der Waals surface area contributed by atoms with Crippen LogP contribution in [0, 0.1) is 0 Å². The molecule has 0 aliphatic rings. The Kier molecular flexibility index (Phi) is 4.98. The number of methoxy groups -OCH3 is 1. The molecule has 0 saturated heterocycles. The summed E-state index contributed by atoms with van der Waals surface area (Å²) in [5.41, 5.74) is -0.322. The van der Waals surface area contributed by atoms with Gasteiger partial charge in [-0.2, -0.15) is 13.2 Å². The van der Waals surface area contributed by atoms with Gasteiger partial charge in [0.15, 0.2) is 0 Å². The third-order valence-electron chi connectivity index (χ3n) is 3.64. The van der Waals surface area contributed by atoms with Gasteiger partial charge in [-0.15, -0.1) is 0 Å². The van der Waals surface area contributed by atoms with Crippen molar-refractivity contribution in [3.63, 3.8) is 0 Å². The molecule has 0 aliphatic carbocycles. The van der Waals surface area contributed by atoms with E-state index < -0.39 is 17.3 Å². The average molecular weight is 275 g/mol. The maximum absolute atomic E-state index is 12.5. The van der Waals surface area contributed by atoms with Gasteiger partial charge < -0.3 is 10.1 Å². The molecule has 108 valence electrons. The van der Waals surface area contributed by atoms with Crippen LogP contribution < -0.4 is 5.32 Å². The Balaban J connectivity index is 3.07. The van der Waals surface area contributed by atoms with Gasteiger partial charge in [0.2, 0.25) is 0 Å². The molecule has 0 aliphatic heterocycles. The minimum Gasteiger partial charge on any atom is -0.377 e. The smallest absolute Gasteiger partial charge is 0.377 e. The zero-order chi connectivity index (χ0) is 14.7. The molecule has 1 rings (SSSR count). The lowest BCUT2D eigenvalue weighted by Crippen LogP contribution is -2.41. The fraction of sp³-hybridized carbons (Fsp3) is 0.571. The Labute approximate surface area is 112 Å². The van der Waals surface area contributed by atoms with Crippen LogP contribution in [-0.2, 0) is 10.9 Å². The highest BCUT2D eigenvalue weighted by Crippen LogP contribution is 2.34. The van der Waals surface area contributed by atoms with Crippen molar-refractivity contribution in [3.05, 3.63) is 35.4 Å². The van der Waals surface area contributed by atoms with Gasteiger partial charge in [-0.1, -0.05) is 19.1 Å². The van der Waals surface area contributed by atoms with Gasteiger partial charge in [0, 0.05) is 7.11 Å². The number of alkyl halides is 3. The van der Waals surface area contributed by atoms with E-state index in [0.717, 1.165) is 24.1 Å². The molecular formula is C14H20F3NO. The molecule has 2 atom stereocenters. The summed E-state index contributed by atoms with van der Waals surface area (Å²) in [5, 5.41) is 3.11. The van der Waals surface area contributed by atoms with Crippen LogP contribution in [0.5, 0.6) is 0 Å². The SMILES string of the molecule is CCC(C)(OC)C(NC)c1ccc(C(F)(F)F)cc1. The molecule has 0 aromatic heterocycles. The molecule has 1 aromatic rings. The monoisotopic (exact) mass is 275 g/mol. The Bertz CT molecular complexity index is 396. The highest BCUT2D eigenvalue weighted by Gasteiger charge is 2.34. The summed E-state index contributed by atoms with van der Waals surface area (Å²) >= 11 is 0. The van der Waals surface area contributed by atoms with Gasteiger partial charge in [-0.25, -0.2) is 0 Å². The summed E-state index contributed by atoms with van der Waals surface area (Å²) in [6.45, 7) is 3.92. The Morgan fingerprint density at radius 2 is 1.74 bits per heavy atom. The lowest BCUT2D eigenvalue weighted by Gasteiger charge is -2.36. The summed E-state index contributed by atoms with van der Waals surface area (Å²) in [6.07, 6.45) is -3.56. The highest BCUT2D eigenvalue weighted by atomic mass is 19.4. The van der Waals surface area contributed by atoms with Crippen molar-refractivity contribution < 1.29 is 17.9 Å². The van der Waals surface area contributed by atoms with Crippen molar-refractivity contribution in [2.75, 3.05) is 14.2 Å². The molecule has 0 radical (unpaired) electrons. The summed E-state index contributed by atoms with van der Waals surface area (Å²) in [7, 11) is 3.38. The fourth-order valence-corrected chi connectivity index (χ4v) is 2.16. The van der Waals surface area contributed by atoms with Crippen LogP contribution in [0.4, 0.5) is 13.2 Å². The second-order valence-electron chi connectivity index (χ2n) is 4.71. The molecule has 0 spiro atoms. The molecule has 2 unspecified atom stereocenters. The number of halogens is 3. The average Bonchev–Trinajstić information content (AvgIpc) is 2.38. The normalized spacial score (nSPS) is 17.0. The Morgan fingerprint density at radius 1 is 1.21 bits per heavy atom. The predicted octanol–water partition coefficient (Wildman–Crippen LogP) is 3.78. The van der Waals surface area contributed by atoms with Gasteiger partial charge >= 0.3 is 6.18 Å². The second-order valence-corrected chi connectivity index (χ2v) is 4.71. The molecule has 0 bridgehead atoms. The largest absolute Gasteiger partial charge is 0.416 e. The van der Waals surface area contributed by atoms with Crippen LogP contribution in [-0.4, -0.2) is 19.8 Å². The van der Waals surface area contributed by atoms with E-state index in [1.807, 2.05) is 13.8 Å². The standard InChI is InChI=1S/C14H20F3NO/c1-5-13(2,19-4)12(18-3)10-6-8-11(9-7-10)14(15,16)17/h6-9,12,18H,5H2,1-4H3. The van der Waals surface area contributed by atoms with Crippen LogP contribution in [0.1, 0.15) is 37.4 Å². The summed E-state index contributed by atoms with van der Waals surface area (Å²) in [5.74, 6) is 0. The van der Waals surface area contributed by atoms with Crippen LogP contribution in [0.15, 0.2) is 24.3 Å². The van der Waals surface area contributed by atoms with Crippen LogP contribution in [0.25, 0.3) is 0 Å². The van der Waals surface area contributed by atoms with Crippen LogP contribution in [0.3, 0.4) is 0 Å². The number of hydrogen-bond acceptors (Lipinski definition) is 2. The second kappa shape index (κ2) is 5.92. The van der Waals surface area contributed by atoms with Crippen molar-refractivity contribution in [2.24, 2.45) is 0 Å². The maximum atomic E-state index is 12.5. The minimum absolute atomic E-state index is 0.162. The van der Waals surface area contributed by atoms with Gasteiger partial charge in [-0.05, 0) is 38.1 Å². The maximum Gasteiger partial charge on any atom is 0.416 e.